The normalized spacial score (nSPS) is 17.9. The van der Waals surface area contributed by atoms with Crippen LogP contribution in [0.3, 0.4) is 0 Å². The zero-order valence-corrected chi connectivity index (χ0v) is 15.1. The monoisotopic (exact) mass is 378 g/mol. The van der Waals surface area contributed by atoms with Crippen molar-refractivity contribution < 1.29 is 42.9 Å². The first-order valence-electron chi connectivity index (χ1n) is 7.69. The van der Waals surface area contributed by atoms with Crippen LogP contribution in [-0.2, 0) is 42.9 Å². The van der Waals surface area contributed by atoms with Gasteiger partial charge in [0, 0.05) is 0 Å². The molecule has 0 fully saturated rings. The minimum Gasteiger partial charge on any atom is -0.466 e. The van der Waals surface area contributed by atoms with Gasteiger partial charge in [0.05, 0.1) is 34.0 Å². The van der Waals surface area contributed by atoms with E-state index in [-0.39, 0.29) is 5.57 Å². The predicted octanol–water partition coefficient (Wildman–Crippen LogP) is 0.485. The third-order valence-electron chi connectivity index (χ3n) is 4.02. The second-order valence-electron chi connectivity index (χ2n) is 5.34. The summed E-state index contributed by atoms with van der Waals surface area (Å²) in [6, 6.07) is 8.21. The van der Waals surface area contributed by atoms with Gasteiger partial charge >= 0.3 is 23.9 Å². The third-order valence-corrected chi connectivity index (χ3v) is 4.02. The SMILES string of the molecule is COC(=O)C1=C(C(=O)OC)C(C(=O)OC)(C(=O)OC)O[C@H]1c1ccccc1. The number of esters is 4. The van der Waals surface area contributed by atoms with Gasteiger partial charge in [-0.05, 0) is 5.56 Å². The van der Waals surface area contributed by atoms with E-state index in [1.54, 1.807) is 30.3 Å². The van der Waals surface area contributed by atoms with Crippen LogP contribution in [0.25, 0.3) is 0 Å². The molecule has 1 aromatic carbocycles. The molecular formula is C18H18O9. The summed E-state index contributed by atoms with van der Waals surface area (Å²) in [6.07, 6.45) is -1.27. The molecule has 0 bridgehead atoms. The Bertz CT molecular complexity index is 778. The number of hydrogen-bond donors (Lipinski definition) is 0. The summed E-state index contributed by atoms with van der Waals surface area (Å²) >= 11 is 0. The van der Waals surface area contributed by atoms with Crippen LogP contribution in [0.1, 0.15) is 11.7 Å². The number of carbonyl (C=O) groups excluding carboxylic acids is 4. The summed E-state index contributed by atoms with van der Waals surface area (Å²) in [5.41, 5.74) is -3.24. The number of ether oxygens (including phenoxy) is 5. The van der Waals surface area contributed by atoms with Gasteiger partial charge in [-0.1, -0.05) is 30.3 Å². The number of rotatable bonds is 5. The average molecular weight is 378 g/mol. The molecule has 144 valence electrons. The molecule has 0 unspecified atom stereocenters. The molecule has 2 rings (SSSR count). The highest BCUT2D eigenvalue weighted by atomic mass is 16.6. The molecule has 1 atom stereocenters. The fraction of sp³-hybridized carbons (Fsp3) is 0.333. The molecule has 0 amide bonds. The molecule has 9 heteroatoms. The maximum Gasteiger partial charge on any atom is 0.355 e. The van der Waals surface area contributed by atoms with Gasteiger partial charge in [0.1, 0.15) is 11.7 Å². The molecule has 0 aliphatic carbocycles. The zero-order chi connectivity index (χ0) is 20.2. The molecule has 0 aromatic heterocycles. The second kappa shape index (κ2) is 8.00. The quantitative estimate of drug-likeness (QED) is 0.410. The van der Waals surface area contributed by atoms with Gasteiger partial charge in [-0.15, -0.1) is 0 Å². The summed E-state index contributed by atoms with van der Waals surface area (Å²) in [5, 5.41) is 0. The van der Waals surface area contributed by atoms with Gasteiger partial charge in [0.25, 0.3) is 5.60 Å². The van der Waals surface area contributed by atoms with Crippen LogP contribution in [0, 0.1) is 0 Å². The van der Waals surface area contributed by atoms with Crippen LogP contribution in [0.2, 0.25) is 0 Å². The van der Waals surface area contributed by atoms with Gasteiger partial charge in [-0.25, -0.2) is 19.2 Å². The first kappa shape index (κ1) is 20.1. The Morgan fingerprint density at radius 3 is 1.78 bits per heavy atom. The smallest absolute Gasteiger partial charge is 0.355 e. The zero-order valence-electron chi connectivity index (χ0n) is 15.1. The average Bonchev–Trinajstić information content (AvgIpc) is 3.09. The minimum absolute atomic E-state index is 0.355. The van der Waals surface area contributed by atoms with Crippen LogP contribution in [0.4, 0.5) is 0 Å². The van der Waals surface area contributed by atoms with Crippen molar-refractivity contribution in [1.29, 1.82) is 0 Å². The highest BCUT2D eigenvalue weighted by Gasteiger charge is 2.65. The molecule has 1 heterocycles. The predicted molar refractivity (Wildman–Crippen MR) is 88.1 cm³/mol. The van der Waals surface area contributed by atoms with Crippen LogP contribution < -0.4 is 0 Å². The van der Waals surface area contributed by atoms with E-state index in [1.165, 1.54) is 0 Å². The van der Waals surface area contributed by atoms with Gasteiger partial charge in [-0.2, -0.15) is 0 Å². The van der Waals surface area contributed by atoms with Crippen molar-refractivity contribution in [2.24, 2.45) is 0 Å². The van der Waals surface area contributed by atoms with Crippen LogP contribution in [0.5, 0.6) is 0 Å². The first-order chi connectivity index (χ1) is 12.9. The molecule has 1 aliphatic heterocycles. The van der Waals surface area contributed by atoms with Crippen molar-refractivity contribution in [3.05, 3.63) is 47.0 Å². The fourth-order valence-electron chi connectivity index (χ4n) is 2.82. The van der Waals surface area contributed by atoms with E-state index in [2.05, 4.69) is 14.2 Å². The van der Waals surface area contributed by atoms with E-state index in [1.807, 2.05) is 0 Å². The highest BCUT2D eigenvalue weighted by Crippen LogP contribution is 2.46. The first-order valence-corrected chi connectivity index (χ1v) is 7.69. The lowest BCUT2D eigenvalue weighted by Gasteiger charge is -2.26. The molecular weight excluding hydrogens is 360 g/mol. The molecule has 27 heavy (non-hydrogen) atoms. The molecule has 0 spiro atoms. The second-order valence-corrected chi connectivity index (χ2v) is 5.34. The Hall–Kier alpha value is -3.20. The van der Waals surface area contributed by atoms with E-state index in [4.69, 9.17) is 9.47 Å². The number of benzene rings is 1. The summed E-state index contributed by atoms with van der Waals surface area (Å²) in [6.45, 7) is 0. The standard InChI is InChI=1S/C18H18O9/c1-23-14(19)11-12(15(20)24-2)18(16(21)25-3,17(22)26-4)27-13(11)10-8-6-5-7-9-10/h5-9,13H,1-4H3/t13-/m0/s1. The summed E-state index contributed by atoms with van der Waals surface area (Å²) in [5.74, 6) is -4.59. The lowest BCUT2D eigenvalue weighted by molar-refractivity contribution is -0.185. The lowest BCUT2D eigenvalue weighted by Crippen LogP contribution is -2.52. The van der Waals surface area contributed by atoms with Crippen LogP contribution >= 0.6 is 0 Å². The third kappa shape index (κ3) is 3.17. The molecule has 0 radical (unpaired) electrons. The lowest BCUT2D eigenvalue weighted by atomic mass is 9.89. The number of carbonyl (C=O) groups is 4. The van der Waals surface area contributed by atoms with Crippen LogP contribution in [0.15, 0.2) is 41.5 Å². The van der Waals surface area contributed by atoms with E-state index in [0.717, 1.165) is 28.4 Å². The van der Waals surface area contributed by atoms with Crippen molar-refractivity contribution in [3.63, 3.8) is 0 Å². The van der Waals surface area contributed by atoms with Gasteiger partial charge < -0.3 is 23.7 Å². The Balaban J connectivity index is 2.87. The Labute approximate surface area is 154 Å². The largest absolute Gasteiger partial charge is 0.466 e. The fourth-order valence-corrected chi connectivity index (χ4v) is 2.82. The van der Waals surface area contributed by atoms with Gasteiger partial charge in [-0.3, -0.25) is 0 Å². The molecule has 1 aliphatic rings. The van der Waals surface area contributed by atoms with E-state index in [9.17, 15) is 19.2 Å². The van der Waals surface area contributed by atoms with Crippen molar-refractivity contribution in [2.75, 3.05) is 28.4 Å². The Morgan fingerprint density at radius 1 is 0.815 bits per heavy atom. The van der Waals surface area contributed by atoms with E-state index >= 15 is 0 Å². The Kier molecular flexibility index (Phi) is 5.96. The van der Waals surface area contributed by atoms with E-state index in [0.29, 0.717) is 5.56 Å². The summed E-state index contributed by atoms with van der Waals surface area (Å²) in [7, 11) is 4.11. The minimum atomic E-state index is -2.64. The maximum atomic E-state index is 12.6. The summed E-state index contributed by atoms with van der Waals surface area (Å²) < 4.78 is 24.5. The van der Waals surface area contributed by atoms with Crippen molar-refractivity contribution in [3.8, 4) is 0 Å². The number of hydrogen-bond acceptors (Lipinski definition) is 9. The van der Waals surface area contributed by atoms with Crippen molar-refractivity contribution in [2.45, 2.75) is 11.7 Å². The van der Waals surface area contributed by atoms with Crippen LogP contribution in [-0.4, -0.2) is 57.9 Å². The maximum absolute atomic E-state index is 12.6. The molecule has 0 saturated carbocycles. The van der Waals surface area contributed by atoms with Gasteiger partial charge in [0.15, 0.2) is 0 Å². The number of methoxy groups -OCH3 is 4. The topological polar surface area (TPSA) is 114 Å². The summed E-state index contributed by atoms with van der Waals surface area (Å²) in [4.78, 5) is 50.1. The highest BCUT2D eigenvalue weighted by molar-refractivity contribution is 6.19. The van der Waals surface area contributed by atoms with Gasteiger partial charge in [0.2, 0.25) is 0 Å². The molecule has 1 aromatic rings. The van der Waals surface area contributed by atoms with Crippen molar-refractivity contribution >= 4 is 23.9 Å². The molecule has 9 nitrogen and oxygen atoms in total. The molecule has 0 N–H and O–H groups in total. The Morgan fingerprint density at radius 2 is 1.33 bits per heavy atom. The van der Waals surface area contributed by atoms with Crippen molar-refractivity contribution in [1.82, 2.24) is 0 Å². The van der Waals surface area contributed by atoms with E-state index < -0.39 is 41.2 Å². The molecule has 0 saturated heterocycles.